The second kappa shape index (κ2) is 7.51. The minimum atomic E-state index is 0.426. The molecule has 0 spiro atoms. The van der Waals surface area contributed by atoms with E-state index in [4.69, 9.17) is 14.2 Å². The molecule has 6 heteroatoms. The van der Waals surface area contributed by atoms with E-state index < -0.39 is 0 Å². The van der Waals surface area contributed by atoms with Crippen molar-refractivity contribution in [2.24, 2.45) is 0 Å². The van der Waals surface area contributed by atoms with Crippen LogP contribution in [0.5, 0.6) is 17.2 Å². The second-order valence-electron chi connectivity index (χ2n) is 4.16. The Balaban J connectivity index is 2.18. The Morgan fingerprint density at radius 2 is 1.48 bits per heavy atom. The Kier molecular flexibility index (Phi) is 5.96. The third kappa shape index (κ3) is 4.14. The molecular weight excluding hydrogens is 468 g/mol. The summed E-state index contributed by atoms with van der Waals surface area (Å²) < 4.78 is 19.0. The summed E-state index contributed by atoms with van der Waals surface area (Å²) in [6.45, 7) is 0.426. The van der Waals surface area contributed by atoms with E-state index >= 15 is 0 Å². The maximum atomic E-state index is 5.87. The largest absolute Gasteiger partial charge is 0.497 e. The highest BCUT2D eigenvalue weighted by Crippen LogP contribution is 2.36. The molecule has 2 rings (SSSR count). The van der Waals surface area contributed by atoms with Crippen LogP contribution >= 0.6 is 47.8 Å². The average Bonchev–Trinajstić information content (AvgIpc) is 2.49. The molecule has 2 aromatic rings. The standard InChI is InChI=1S/C15H13Br3O3/c1-19-10-3-4-11(16)9(5-10)8-21-15-7-12(17)14(20-2)6-13(15)18/h3-7H,8H2,1-2H3. The van der Waals surface area contributed by atoms with Gasteiger partial charge < -0.3 is 14.2 Å². The topological polar surface area (TPSA) is 27.7 Å². The van der Waals surface area contributed by atoms with Gasteiger partial charge in [-0.1, -0.05) is 15.9 Å². The minimum Gasteiger partial charge on any atom is -0.497 e. The molecule has 0 aromatic heterocycles. The fraction of sp³-hybridized carbons (Fsp3) is 0.200. The van der Waals surface area contributed by atoms with Gasteiger partial charge in [0.1, 0.15) is 23.9 Å². The number of benzene rings is 2. The van der Waals surface area contributed by atoms with E-state index in [2.05, 4.69) is 47.8 Å². The minimum absolute atomic E-state index is 0.426. The third-order valence-electron chi connectivity index (χ3n) is 2.84. The molecule has 21 heavy (non-hydrogen) atoms. The van der Waals surface area contributed by atoms with Crippen LogP contribution in [0.3, 0.4) is 0 Å². The average molecular weight is 481 g/mol. The molecule has 0 N–H and O–H groups in total. The lowest BCUT2D eigenvalue weighted by atomic mass is 10.2. The van der Waals surface area contributed by atoms with Gasteiger partial charge in [0.2, 0.25) is 0 Å². The van der Waals surface area contributed by atoms with E-state index in [0.29, 0.717) is 6.61 Å². The van der Waals surface area contributed by atoms with Gasteiger partial charge in [-0.2, -0.15) is 0 Å². The van der Waals surface area contributed by atoms with E-state index in [1.807, 2.05) is 30.3 Å². The smallest absolute Gasteiger partial charge is 0.135 e. The second-order valence-corrected chi connectivity index (χ2v) is 6.73. The predicted octanol–water partition coefficient (Wildman–Crippen LogP) is 5.57. The molecule has 0 aliphatic carbocycles. The molecule has 112 valence electrons. The summed E-state index contributed by atoms with van der Waals surface area (Å²) in [6.07, 6.45) is 0. The van der Waals surface area contributed by atoms with E-state index in [0.717, 1.165) is 36.2 Å². The van der Waals surface area contributed by atoms with Crippen molar-refractivity contribution in [3.05, 3.63) is 49.3 Å². The lowest BCUT2D eigenvalue weighted by Gasteiger charge is -2.12. The van der Waals surface area contributed by atoms with Crippen LogP contribution in [-0.4, -0.2) is 14.2 Å². The van der Waals surface area contributed by atoms with Gasteiger partial charge >= 0.3 is 0 Å². The third-order valence-corrected chi connectivity index (χ3v) is 4.86. The summed E-state index contributed by atoms with van der Waals surface area (Å²) in [5, 5.41) is 0. The number of hydrogen-bond donors (Lipinski definition) is 0. The molecule has 0 amide bonds. The van der Waals surface area contributed by atoms with Crippen molar-refractivity contribution < 1.29 is 14.2 Å². The monoisotopic (exact) mass is 478 g/mol. The van der Waals surface area contributed by atoms with Crippen LogP contribution in [-0.2, 0) is 6.61 Å². The van der Waals surface area contributed by atoms with Gasteiger partial charge in [-0.25, -0.2) is 0 Å². The van der Waals surface area contributed by atoms with E-state index in [9.17, 15) is 0 Å². The zero-order valence-corrected chi connectivity index (χ0v) is 16.2. The zero-order valence-electron chi connectivity index (χ0n) is 11.5. The maximum absolute atomic E-state index is 5.87. The van der Waals surface area contributed by atoms with E-state index in [1.54, 1.807) is 14.2 Å². The van der Waals surface area contributed by atoms with Crippen LogP contribution in [0.2, 0.25) is 0 Å². The van der Waals surface area contributed by atoms with Crippen LogP contribution < -0.4 is 14.2 Å². The molecule has 0 radical (unpaired) electrons. The highest BCUT2D eigenvalue weighted by molar-refractivity contribution is 9.11. The summed E-state index contributed by atoms with van der Waals surface area (Å²) in [5.41, 5.74) is 1.01. The molecule has 0 atom stereocenters. The van der Waals surface area contributed by atoms with Crippen molar-refractivity contribution in [2.75, 3.05) is 14.2 Å². The number of halogens is 3. The van der Waals surface area contributed by atoms with Crippen LogP contribution in [0.25, 0.3) is 0 Å². The van der Waals surface area contributed by atoms with Crippen molar-refractivity contribution in [1.29, 1.82) is 0 Å². The summed E-state index contributed by atoms with van der Waals surface area (Å²) in [7, 11) is 3.27. The molecule has 0 saturated carbocycles. The highest BCUT2D eigenvalue weighted by atomic mass is 79.9. The molecule has 0 fully saturated rings. The van der Waals surface area contributed by atoms with Crippen LogP contribution in [0.1, 0.15) is 5.56 Å². The Bertz CT molecular complexity index is 644. The van der Waals surface area contributed by atoms with Crippen molar-refractivity contribution in [3.8, 4) is 17.2 Å². The highest BCUT2D eigenvalue weighted by Gasteiger charge is 2.10. The number of hydrogen-bond acceptors (Lipinski definition) is 3. The van der Waals surface area contributed by atoms with Gasteiger partial charge in [-0.15, -0.1) is 0 Å². The van der Waals surface area contributed by atoms with E-state index in [-0.39, 0.29) is 0 Å². The maximum Gasteiger partial charge on any atom is 0.135 e. The first-order valence-corrected chi connectivity index (χ1v) is 8.41. The van der Waals surface area contributed by atoms with E-state index in [1.165, 1.54) is 0 Å². The normalized spacial score (nSPS) is 10.3. The van der Waals surface area contributed by atoms with Gasteiger partial charge in [0, 0.05) is 10.0 Å². The molecule has 0 heterocycles. The predicted molar refractivity (Wildman–Crippen MR) is 93.4 cm³/mol. The first-order valence-electron chi connectivity index (χ1n) is 6.03. The number of methoxy groups -OCH3 is 2. The first kappa shape index (κ1) is 16.6. The Labute approximate surface area is 149 Å². The lowest BCUT2D eigenvalue weighted by Crippen LogP contribution is -1.98. The van der Waals surface area contributed by atoms with Gasteiger partial charge in [-0.3, -0.25) is 0 Å². The number of rotatable bonds is 5. The molecule has 0 unspecified atom stereocenters. The van der Waals surface area contributed by atoms with Crippen molar-refractivity contribution >= 4 is 47.8 Å². The first-order chi connectivity index (χ1) is 10.0. The molecule has 0 saturated heterocycles. The van der Waals surface area contributed by atoms with Gasteiger partial charge in [0.05, 0.1) is 23.2 Å². The molecule has 0 aliphatic rings. The van der Waals surface area contributed by atoms with Gasteiger partial charge in [0.25, 0.3) is 0 Å². The van der Waals surface area contributed by atoms with Crippen LogP contribution in [0.15, 0.2) is 43.7 Å². The fourth-order valence-electron chi connectivity index (χ4n) is 1.72. The van der Waals surface area contributed by atoms with Gasteiger partial charge in [-0.05, 0) is 62.2 Å². The SMILES string of the molecule is COc1ccc(Br)c(COc2cc(Br)c(OC)cc2Br)c1. The Morgan fingerprint density at radius 1 is 0.810 bits per heavy atom. The summed E-state index contributed by atoms with van der Waals surface area (Å²) in [5.74, 6) is 2.28. The quantitative estimate of drug-likeness (QED) is 0.560. The van der Waals surface area contributed by atoms with Crippen LogP contribution in [0.4, 0.5) is 0 Å². The number of ether oxygens (including phenoxy) is 3. The van der Waals surface area contributed by atoms with Crippen molar-refractivity contribution in [2.45, 2.75) is 6.61 Å². The Hall–Kier alpha value is -0.720. The summed E-state index contributed by atoms with van der Waals surface area (Å²) in [6, 6.07) is 9.51. The summed E-state index contributed by atoms with van der Waals surface area (Å²) in [4.78, 5) is 0. The van der Waals surface area contributed by atoms with Crippen LogP contribution in [0, 0.1) is 0 Å². The molecule has 2 aromatic carbocycles. The molecule has 0 bridgehead atoms. The van der Waals surface area contributed by atoms with Crippen molar-refractivity contribution in [3.63, 3.8) is 0 Å². The molecule has 0 aliphatic heterocycles. The molecule has 3 nitrogen and oxygen atoms in total. The summed E-state index contributed by atoms with van der Waals surface area (Å²) >= 11 is 10.4. The fourth-order valence-corrected chi connectivity index (χ4v) is 3.00. The lowest BCUT2D eigenvalue weighted by molar-refractivity contribution is 0.301. The Morgan fingerprint density at radius 3 is 2.14 bits per heavy atom. The zero-order chi connectivity index (χ0) is 15.4. The van der Waals surface area contributed by atoms with Crippen molar-refractivity contribution in [1.82, 2.24) is 0 Å². The molecular formula is C15H13Br3O3. The van der Waals surface area contributed by atoms with Gasteiger partial charge in [0.15, 0.2) is 0 Å².